The summed E-state index contributed by atoms with van der Waals surface area (Å²) in [6.45, 7) is 5.42. The minimum Gasteiger partial charge on any atom is -0.421 e. The number of hydrogen-bond donors (Lipinski definition) is 0. The van der Waals surface area contributed by atoms with Crippen molar-refractivity contribution in [1.29, 1.82) is 0 Å². The summed E-state index contributed by atoms with van der Waals surface area (Å²) in [7, 11) is -3.57. The van der Waals surface area contributed by atoms with Crippen LogP contribution in [0.4, 0.5) is 0 Å². The topological polar surface area (TPSA) is 96.6 Å². The maximum atomic E-state index is 13.0. The molecule has 1 fully saturated rings. The predicted molar refractivity (Wildman–Crippen MR) is 124 cm³/mol. The lowest BCUT2D eigenvalue weighted by atomic mass is 10.0. The van der Waals surface area contributed by atoms with E-state index >= 15 is 0 Å². The maximum absolute atomic E-state index is 13.0. The minimum atomic E-state index is -3.57. The van der Waals surface area contributed by atoms with Gasteiger partial charge >= 0.3 is 0 Å². The Morgan fingerprint density at radius 1 is 0.970 bits per heavy atom. The molecule has 4 rings (SSSR count). The van der Waals surface area contributed by atoms with Gasteiger partial charge in [0.2, 0.25) is 27.7 Å². The lowest BCUT2D eigenvalue weighted by Gasteiger charge is -2.34. The van der Waals surface area contributed by atoms with E-state index in [1.807, 2.05) is 42.5 Å². The molecule has 0 spiro atoms. The highest BCUT2D eigenvalue weighted by atomic mass is 32.2. The number of carbonyl (C=O) groups excluding carboxylic acids is 1. The highest BCUT2D eigenvalue weighted by Gasteiger charge is 2.30. The van der Waals surface area contributed by atoms with E-state index in [0.29, 0.717) is 37.2 Å². The third-order valence-electron chi connectivity index (χ3n) is 5.82. The fourth-order valence-electron chi connectivity index (χ4n) is 3.78. The highest BCUT2D eigenvalue weighted by Crippen LogP contribution is 2.22. The molecule has 0 bridgehead atoms. The average molecular weight is 469 g/mol. The molecule has 3 aromatic rings. The van der Waals surface area contributed by atoms with Gasteiger partial charge in [0.25, 0.3) is 0 Å². The molecule has 0 saturated carbocycles. The number of amides is 1. The first-order chi connectivity index (χ1) is 15.8. The Morgan fingerprint density at radius 2 is 1.64 bits per heavy atom. The normalized spacial score (nSPS) is 15.2. The van der Waals surface area contributed by atoms with Gasteiger partial charge in [-0.05, 0) is 35.7 Å². The number of rotatable bonds is 7. The lowest BCUT2D eigenvalue weighted by molar-refractivity contribution is -0.132. The smallest absolute Gasteiger partial charge is 0.247 e. The third-order valence-corrected chi connectivity index (χ3v) is 7.73. The summed E-state index contributed by atoms with van der Waals surface area (Å²) in [6, 6.07) is 16.5. The molecular weight excluding hydrogens is 440 g/mol. The Kier molecular flexibility index (Phi) is 6.90. The van der Waals surface area contributed by atoms with Crippen LogP contribution in [0.5, 0.6) is 0 Å². The zero-order chi connectivity index (χ0) is 23.4. The van der Waals surface area contributed by atoms with E-state index in [9.17, 15) is 13.2 Å². The van der Waals surface area contributed by atoms with Crippen LogP contribution in [0.25, 0.3) is 11.5 Å². The Labute approximate surface area is 194 Å². The van der Waals surface area contributed by atoms with E-state index in [-0.39, 0.29) is 30.3 Å². The molecule has 1 aliphatic heterocycles. The SMILES string of the molecule is CC(C)c1ccc(S(=O)(=O)N2CCN(C(=O)CCc3nnc(-c4ccccc4)o3)CC2)cc1. The highest BCUT2D eigenvalue weighted by molar-refractivity contribution is 7.89. The first kappa shape index (κ1) is 23.1. The Bertz CT molecular complexity index is 1180. The monoisotopic (exact) mass is 468 g/mol. The molecular formula is C24H28N4O4S. The Morgan fingerprint density at radius 3 is 2.27 bits per heavy atom. The number of piperazine rings is 1. The van der Waals surface area contributed by atoms with E-state index in [0.717, 1.165) is 11.1 Å². The number of benzene rings is 2. The van der Waals surface area contributed by atoms with E-state index in [4.69, 9.17) is 4.42 Å². The molecule has 2 heterocycles. The molecule has 0 radical (unpaired) electrons. The van der Waals surface area contributed by atoms with Gasteiger partial charge in [-0.3, -0.25) is 4.79 Å². The van der Waals surface area contributed by atoms with Crippen molar-refractivity contribution in [3.63, 3.8) is 0 Å². The van der Waals surface area contributed by atoms with Crippen molar-refractivity contribution in [2.45, 2.75) is 37.5 Å². The zero-order valence-corrected chi connectivity index (χ0v) is 19.7. The molecule has 1 saturated heterocycles. The van der Waals surface area contributed by atoms with E-state index in [1.54, 1.807) is 17.0 Å². The Hall–Kier alpha value is -3.04. The summed E-state index contributed by atoms with van der Waals surface area (Å²) in [5.41, 5.74) is 1.93. The fraction of sp³-hybridized carbons (Fsp3) is 0.375. The molecule has 1 aliphatic rings. The first-order valence-corrected chi connectivity index (χ1v) is 12.5. The van der Waals surface area contributed by atoms with Gasteiger partial charge in [-0.25, -0.2) is 8.42 Å². The number of aromatic nitrogens is 2. The molecule has 8 nitrogen and oxygen atoms in total. The van der Waals surface area contributed by atoms with Crippen LogP contribution in [0.2, 0.25) is 0 Å². The quantitative estimate of drug-likeness (QED) is 0.528. The van der Waals surface area contributed by atoms with Crippen molar-refractivity contribution in [2.75, 3.05) is 26.2 Å². The van der Waals surface area contributed by atoms with Crippen molar-refractivity contribution >= 4 is 15.9 Å². The number of aryl methyl sites for hydroxylation is 1. The maximum Gasteiger partial charge on any atom is 0.247 e. The fourth-order valence-corrected chi connectivity index (χ4v) is 5.20. The van der Waals surface area contributed by atoms with Gasteiger partial charge < -0.3 is 9.32 Å². The summed E-state index contributed by atoms with van der Waals surface area (Å²) in [4.78, 5) is 14.6. The number of carbonyl (C=O) groups is 1. The summed E-state index contributed by atoms with van der Waals surface area (Å²) in [5.74, 6) is 1.13. The van der Waals surface area contributed by atoms with Gasteiger partial charge in [0.1, 0.15) is 0 Å². The van der Waals surface area contributed by atoms with Crippen LogP contribution in [-0.2, 0) is 21.2 Å². The number of sulfonamides is 1. The van der Waals surface area contributed by atoms with Gasteiger partial charge in [0.05, 0.1) is 4.90 Å². The second kappa shape index (κ2) is 9.84. The molecule has 9 heteroatoms. The van der Waals surface area contributed by atoms with Crippen LogP contribution >= 0.6 is 0 Å². The molecule has 33 heavy (non-hydrogen) atoms. The van der Waals surface area contributed by atoms with Crippen LogP contribution in [0.1, 0.15) is 37.6 Å². The second-order valence-electron chi connectivity index (χ2n) is 8.38. The van der Waals surface area contributed by atoms with Crippen LogP contribution in [0, 0.1) is 0 Å². The van der Waals surface area contributed by atoms with Crippen molar-refractivity contribution in [3.05, 3.63) is 66.1 Å². The molecule has 0 N–H and O–H groups in total. The van der Waals surface area contributed by atoms with E-state index < -0.39 is 10.0 Å². The van der Waals surface area contributed by atoms with Crippen LogP contribution in [-0.4, -0.2) is 59.9 Å². The largest absolute Gasteiger partial charge is 0.421 e. The molecule has 0 unspecified atom stereocenters. The van der Waals surface area contributed by atoms with Crippen molar-refractivity contribution in [2.24, 2.45) is 0 Å². The average Bonchev–Trinajstić information content (AvgIpc) is 3.32. The summed E-state index contributed by atoms with van der Waals surface area (Å²) in [6.07, 6.45) is 0.583. The standard InChI is InChI=1S/C24H28N4O4S/c1-18(2)19-8-10-21(11-9-19)33(30,31)28-16-14-27(15-17-28)23(29)13-12-22-25-26-24(32-22)20-6-4-3-5-7-20/h3-11,18H,12-17H2,1-2H3. The summed E-state index contributed by atoms with van der Waals surface area (Å²) < 4.78 is 33.0. The van der Waals surface area contributed by atoms with E-state index in [2.05, 4.69) is 24.0 Å². The predicted octanol–water partition coefficient (Wildman–Crippen LogP) is 3.33. The van der Waals surface area contributed by atoms with Crippen molar-refractivity contribution in [3.8, 4) is 11.5 Å². The number of nitrogens with zero attached hydrogens (tertiary/aromatic N) is 4. The Balaban J connectivity index is 1.29. The summed E-state index contributed by atoms with van der Waals surface area (Å²) >= 11 is 0. The second-order valence-corrected chi connectivity index (χ2v) is 10.3. The van der Waals surface area contributed by atoms with Crippen LogP contribution < -0.4 is 0 Å². The van der Waals surface area contributed by atoms with Gasteiger partial charge in [0, 0.05) is 44.6 Å². The molecule has 2 aromatic carbocycles. The van der Waals surface area contributed by atoms with Gasteiger partial charge in [-0.1, -0.05) is 44.2 Å². The molecule has 0 atom stereocenters. The molecule has 0 aliphatic carbocycles. The van der Waals surface area contributed by atoms with Crippen molar-refractivity contribution in [1.82, 2.24) is 19.4 Å². The molecule has 1 aromatic heterocycles. The van der Waals surface area contributed by atoms with Crippen LogP contribution in [0.15, 0.2) is 63.9 Å². The first-order valence-electron chi connectivity index (χ1n) is 11.1. The van der Waals surface area contributed by atoms with Crippen molar-refractivity contribution < 1.29 is 17.6 Å². The van der Waals surface area contributed by atoms with Gasteiger partial charge in [-0.2, -0.15) is 4.31 Å². The number of hydrogen-bond acceptors (Lipinski definition) is 6. The van der Waals surface area contributed by atoms with E-state index in [1.165, 1.54) is 4.31 Å². The van der Waals surface area contributed by atoms with Gasteiger partial charge in [0.15, 0.2) is 0 Å². The third kappa shape index (κ3) is 5.31. The minimum absolute atomic E-state index is 0.0483. The molecule has 1 amide bonds. The lowest BCUT2D eigenvalue weighted by Crippen LogP contribution is -2.50. The summed E-state index contributed by atoms with van der Waals surface area (Å²) in [5, 5.41) is 8.07. The van der Waals surface area contributed by atoms with Gasteiger partial charge in [-0.15, -0.1) is 10.2 Å². The van der Waals surface area contributed by atoms with Crippen LogP contribution in [0.3, 0.4) is 0 Å². The zero-order valence-electron chi connectivity index (χ0n) is 18.8. The molecule has 174 valence electrons.